The van der Waals surface area contributed by atoms with Gasteiger partial charge in [0, 0.05) is 6.54 Å². The Balaban J connectivity index is 1.61. The lowest BCUT2D eigenvalue weighted by molar-refractivity contribution is 0.353. The summed E-state index contributed by atoms with van der Waals surface area (Å²) < 4.78 is 0. The molecule has 1 nitrogen and oxygen atoms in total. The van der Waals surface area contributed by atoms with Gasteiger partial charge in [0.05, 0.1) is 0 Å². The summed E-state index contributed by atoms with van der Waals surface area (Å²) in [5.74, 6) is 0.967. The first-order valence-corrected chi connectivity index (χ1v) is 5.36. The summed E-state index contributed by atoms with van der Waals surface area (Å²) in [6, 6.07) is 0. The number of allylic oxidation sites excluding steroid dienone is 1. The molecule has 2 aliphatic carbocycles. The Morgan fingerprint density at radius 2 is 1.92 bits per heavy atom. The van der Waals surface area contributed by atoms with Crippen LogP contribution in [-0.2, 0) is 0 Å². The molecule has 0 radical (unpaired) electrons. The Morgan fingerprint density at radius 3 is 2.58 bits per heavy atom. The molecule has 0 unspecified atom stereocenters. The summed E-state index contributed by atoms with van der Waals surface area (Å²) in [5, 5.41) is 3.46. The van der Waals surface area contributed by atoms with E-state index in [1.54, 1.807) is 5.57 Å². The summed E-state index contributed by atoms with van der Waals surface area (Å²) in [7, 11) is 0. The Labute approximate surface area is 75.2 Å². The molecule has 0 spiro atoms. The van der Waals surface area contributed by atoms with Crippen LogP contribution in [0, 0.1) is 5.92 Å². The van der Waals surface area contributed by atoms with E-state index in [0.717, 1.165) is 5.92 Å². The maximum absolute atomic E-state index is 3.46. The third-order valence-corrected chi connectivity index (χ3v) is 2.98. The smallest absolute Gasteiger partial charge is 0.0169 e. The quantitative estimate of drug-likeness (QED) is 0.678. The SMILES string of the molecule is C(NCC1CCCCC1)=C1CC1. The predicted molar refractivity (Wildman–Crippen MR) is 51.9 cm³/mol. The minimum Gasteiger partial charge on any atom is -0.391 e. The van der Waals surface area contributed by atoms with Gasteiger partial charge in [0.15, 0.2) is 0 Å². The molecular weight excluding hydrogens is 146 g/mol. The van der Waals surface area contributed by atoms with E-state index in [1.165, 1.54) is 51.5 Å². The van der Waals surface area contributed by atoms with Crippen molar-refractivity contribution < 1.29 is 0 Å². The van der Waals surface area contributed by atoms with Crippen LogP contribution in [0.3, 0.4) is 0 Å². The molecule has 0 bridgehead atoms. The maximum atomic E-state index is 3.46. The number of rotatable bonds is 3. The van der Waals surface area contributed by atoms with Gasteiger partial charge in [-0.25, -0.2) is 0 Å². The van der Waals surface area contributed by atoms with Crippen LogP contribution in [-0.4, -0.2) is 6.54 Å². The fourth-order valence-corrected chi connectivity index (χ4v) is 1.98. The average molecular weight is 165 g/mol. The molecule has 1 N–H and O–H groups in total. The van der Waals surface area contributed by atoms with Gasteiger partial charge >= 0.3 is 0 Å². The monoisotopic (exact) mass is 165 g/mol. The van der Waals surface area contributed by atoms with Crippen LogP contribution in [0.5, 0.6) is 0 Å². The van der Waals surface area contributed by atoms with Crippen molar-refractivity contribution in [3.63, 3.8) is 0 Å². The Hall–Kier alpha value is -0.460. The molecule has 1 heteroatoms. The first-order valence-electron chi connectivity index (χ1n) is 5.36. The molecule has 0 aromatic carbocycles. The normalized spacial score (nSPS) is 23.8. The minimum absolute atomic E-state index is 0.967. The van der Waals surface area contributed by atoms with Gasteiger partial charge in [-0.05, 0) is 37.8 Å². The van der Waals surface area contributed by atoms with Crippen molar-refractivity contribution in [1.29, 1.82) is 0 Å². The lowest BCUT2D eigenvalue weighted by Gasteiger charge is -2.21. The van der Waals surface area contributed by atoms with Crippen molar-refractivity contribution in [1.82, 2.24) is 5.32 Å². The zero-order chi connectivity index (χ0) is 8.23. The molecule has 2 aliphatic rings. The molecule has 0 heterocycles. The summed E-state index contributed by atoms with van der Waals surface area (Å²) >= 11 is 0. The van der Waals surface area contributed by atoms with Crippen LogP contribution in [0.1, 0.15) is 44.9 Å². The van der Waals surface area contributed by atoms with Crippen LogP contribution < -0.4 is 5.32 Å². The second kappa shape index (κ2) is 3.97. The van der Waals surface area contributed by atoms with E-state index in [0.29, 0.717) is 0 Å². The molecule has 0 aromatic rings. The van der Waals surface area contributed by atoms with Gasteiger partial charge < -0.3 is 5.32 Å². The van der Waals surface area contributed by atoms with Crippen molar-refractivity contribution >= 4 is 0 Å². The Bertz CT molecular complexity index is 160. The van der Waals surface area contributed by atoms with Gasteiger partial charge in [0.2, 0.25) is 0 Å². The molecule has 0 aromatic heterocycles. The third-order valence-electron chi connectivity index (χ3n) is 2.98. The van der Waals surface area contributed by atoms with Crippen LogP contribution in [0.15, 0.2) is 11.8 Å². The Kier molecular flexibility index (Phi) is 2.70. The molecule has 0 saturated heterocycles. The predicted octanol–water partition coefficient (Wildman–Crippen LogP) is 2.83. The number of nitrogens with one attached hydrogen (secondary N) is 1. The fraction of sp³-hybridized carbons (Fsp3) is 0.818. The van der Waals surface area contributed by atoms with Crippen molar-refractivity contribution in [3.05, 3.63) is 11.8 Å². The molecule has 12 heavy (non-hydrogen) atoms. The fourth-order valence-electron chi connectivity index (χ4n) is 1.98. The summed E-state index contributed by atoms with van der Waals surface area (Å²) in [4.78, 5) is 0. The highest BCUT2D eigenvalue weighted by Gasteiger charge is 2.13. The van der Waals surface area contributed by atoms with Crippen LogP contribution in [0.25, 0.3) is 0 Å². The van der Waals surface area contributed by atoms with E-state index >= 15 is 0 Å². The van der Waals surface area contributed by atoms with Crippen molar-refractivity contribution in [2.75, 3.05) is 6.54 Å². The molecule has 68 valence electrons. The van der Waals surface area contributed by atoms with Crippen LogP contribution >= 0.6 is 0 Å². The molecule has 0 aliphatic heterocycles. The van der Waals surface area contributed by atoms with Gasteiger partial charge in [-0.1, -0.05) is 24.8 Å². The van der Waals surface area contributed by atoms with Gasteiger partial charge in [-0.3, -0.25) is 0 Å². The maximum Gasteiger partial charge on any atom is 0.0169 e. The second-order valence-corrected chi connectivity index (χ2v) is 4.21. The summed E-state index contributed by atoms with van der Waals surface area (Å²) in [6.07, 6.45) is 12.2. The largest absolute Gasteiger partial charge is 0.391 e. The summed E-state index contributed by atoms with van der Waals surface area (Å²) in [5.41, 5.74) is 1.62. The lowest BCUT2D eigenvalue weighted by Crippen LogP contribution is -2.20. The van der Waals surface area contributed by atoms with E-state index < -0.39 is 0 Å². The van der Waals surface area contributed by atoms with E-state index in [-0.39, 0.29) is 0 Å². The van der Waals surface area contributed by atoms with Crippen molar-refractivity contribution in [3.8, 4) is 0 Å². The second-order valence-electron chi connectivity index (χ2n) is 4.21. The van der Waals surface area contributed by atoms with Crippen LogP contribution in [0.2, 0.25) is 0 Å². The zero-order valence-corrected chi connectivity index (χ0v) is 7.81. The first-order chi connectivity index (χ1) is 5.95. The standard InChI is InChI=1S/C11H19N/c1-2-4-10(5-3-1)8-12-9-11-6-7-11/h9-10,12H,1-8H2. The molecular formula is C11H19N. The minimum atomic E-state index is 0.967. The molecule has 0 amide bonds. The first kappa shape index (κ1) is 8.15. The highest BCUT2D eigenvalue weighted by atomic mass is 14.8. The molecule has 2 rings (SSSR count). The topological polar surface area (TPSA) is 12.0 Å². The third kappa shape index (κ3) is 2.54. The summed E-state index contributed by atoms with van der Waals surface area (Å²) in [6.45, 7) is 1.23. The van der Waals surface area contributed by atoms with Gasteiger partial charge in [-0.2, -0.15) is 0 Å². The molecule has 0 atom stereocenters. The highest BCUT2D eigenvalue weighted by molar-refractivity contribution is 5.15. The van der Waals surface area contributed by atoms with Gasteiger partial charge in [-0.15, -0.1) is 0 Å². The number of hydrogen-bond donors (Lipinski definition) is 1. The Morgan fingerprint density at radius 1 is 1.17 bits per heavy atom. The van der Waals surface area contributed by atoms with E-state index in [2.05, 4.69) is 11.5 Å². The van der Waals surface area contributed by atoms with E-state index in [4.69, 9.17) is 0 Å². The lowest BCUT2D eigenvalue weighted by atomic mass is 9.89. The van der Waals surface area contributed by atoms with E-state index in [9.17, 15) is 0 Å². The zero-order valence-electron chi connectivity index (χ0n) is 7.81. The van der Waals surface area contributed by atoms with Crippen molar-refractivity contribution in [2.45, 2.75) is 44.9 Å². The molecule has 2 fully saturated rings. The van der Waals surface area contributed by atoms with Gasteiger partial charge in [0.25, 0.3) is 0 Å². The average Bonchev–Trinajstić information content (AvgIpc) is 2.90. The van der Waals surface area contributed by atoms with E-state index in [1.807, 2.05) is 0 Å². The van der Waals surface area contributed by atoms with Crippen LogP contribution in [0.4, 0.5) is 0 Å². The molecule has 2 saturated carbocycles. The van der Waals surface area contributed by atoms with Crippen molar-refractivity contribution in [2.24, 2.45) is 5.92 Å². The van der Waals surface area contributed by atoms with Gasteiger partial charge in [0.1, 0.15) is 0 Å². The number of hydrogen-bond acceptors (Lipinski definition) is 1. The highest BCUT2D eigenvalue weighted by Crippen LogP contribution is 2.27.